The molecule has 2 aromatic carbocycles. The number of aromatic nitrogens is 1. The second-order valence-electron chi connectivity index (χ2n) is 10.1. The number of methoxy groups -OCH3 is 1. The lowest BCUT2D eigenvalue weighted by Gasteiger charge is -2.32. The molecule has 0 aliphatic carbocycles. The van der Waals surface area contributed by atoms with Gasteiger partial charge in [-0.2, -0.15) is 13.2 Å². The van der Waals surface area contributed by atoms with E-state index in [-0.39, 0.29) is 36.0 Å². The summed E-state index contributed by atoms with van der Waals surface area (Å²) in [6, 6.07) is 12.0. The molecule has 0 spiro atoms. The van der Waals surface area contributed by atoms with Gasteiger partial charge in [0.25, 0.3) is 5.91 Å². The van der Waals surface area contributed by atoms with Crippen molar-refractivity contribution in [2.24, 2.45) is 0 Å². The molecular formula is C29H31F4N3O5. The Hall–Kier alpha value is -3.74. The number of rotatable bonds is 10. The van der Waals surface area contributed by atoms with E-state index in [9.17, 15) is 27.5 Å². The topological polar surface area (TPSA) is 113 Å². The Morgan fingerprint density at radius 3 is 2.46 bits per heavy atom. The van der Waals surface area contributed by atoms with Crippen molar-refractivity contribution in [3.63, 3.8) is 0 Å². The van der Waals surface area contributed by atoms with Crippen molar-refractivity contribution in [3.8, 4) is 22.8 Å². The molecule has 2 atom stereocenters. The minimum atomic E-state index is -5.22. The van der Waals surface area contributed by atoms with E-state index in [1.807, 2.05) is 6.92 Å². The number of aliphatic hydroxyl groups is 2. The zero-order valence-corrected chi connectivity index (χ0v) is 22.5. The third-order valence-corrected chi connectivity index (χ3v) is 7.20. The molecule has 1 aliphatic heterocycles. The van der Waals surface area contributed by atoms with Crippen LogP contribution in [0.5, 0.6) is 11.5 Å². The molecule has 4 rings (SSSR count). The molecule has 0 saturated carbocycles. The van der Waals surface area contributed by atoms with Crippen LogP contribution in [-0.4, -0.2) is 67.2 Å². The van der Waals surface area contributed by atoms with Crippen LogP contribution in [-0.2, 0) is 11.0 Å². The first-order valence-electron chi connectivity index (χ1n) is 12.9. The van der Waals surface area contributed by atoms with Crippen molar-refractivity contribution in [1.29, 1.82) is 0 Å². The summed E-state index contributed by atoms with van der Waals surface area (Å²) in [4.78, 5) is 17.1. The SMILES string of the molecule is COc1cc(C(=O)NCC(O)(c2cc(C3(C)CCNC3)cc(-c3ccc(F)cc3)n2)C(F)(F)F)ccc1OCCO. The predicted molar refractivity (Wildman–Crippen MR) is 142 cm³/mol. The van der Waals surface area contributed by atoms with Crippen molar-refractivity contribution in [3.05, 3.63) is 77.2 Å². The minimum absolute atomic E-state index is 0.0262. The number of amides is 1. The molecule has 0 radical (unpaired) electrons. The van der Waals surface area contributed by atoms with E-state index in [1.54, 1.807) is 6.07 Å². The highest BCUT2D eigenvalue weighted by atomic mass is 19.4. The third-order valence-electron chi connectivity index (χ3n) is 7.20. The van der Waals surface area contributed by atoms with Crippen molar-refractivity contribution < 1.29 is 42.0 Å². The molecule has 1 fully saturated rings. The molecule has 1 aliphatic rings. The Morgan fingerprint density at radius 1 is 1.12 bits per heavy atom. The molecule has 2 heterocycles. The Labute approximate surface area is 234 Å². The normalized spacial score (nSPS) is 18.5. The third kappa shape index (κ3) is 6.45. The van der Waals surface area contributed by atoms with E-state index in [2.05, 4.69) is 15.6 Å². The lowest BCUT2D eigenvalue weighted by Crippen LogP contribution is -2.51. The summed E-state index contributed by atoms with van der Waals surface area (Å²) >= 11 is 0. The van der Waals surface area contributed by atoms with Crippen LogP contribution in [0.2, 0.25) is 0 Å². The Morgan fingerprint density at radius 2 is 1.85 bits per heavy atom. The first-order chi connectivity index (χ1) is 19.4. The molecule has 1 saturated heterocycles. The molecule has 0 bridgehead atoms. The number of ether oxygens (including phenoxy) is 2. The van der Waals surface area contributed by atoms with Crippen molar-refractivity contribution in [2.45, 2.75) is 30.5 Å². The van der Waals surface area contributed by atoms with Crippen LogP contribution in [0.1, 0.15) is 35.0 Å². The number of carbonyl (C=O) groups excluding carboxylic acids is 1. The van der Waals surface area contributed by atoms with Crippen LogP contribution < -0.4 is 20.1 Å². The number of hydrogen-bond acceptors (Lipinski definition) is 7. The van der Waals surface area contributed by atoms with E-state index < -0.39 is 41.2 Å². The van der Waals surface area contributed by atoms with Gasteiger partial charge in [0.2, 0.25) is 5.60 Å². The second-order valence-corrected chi connectivity index (χ2v) is 10.1. The predicted octanol–water partition coefficient (Wildman–Crippen LogP) is 3.70. The van der Waals surface area contributed by atoms with Gasteiger partial charge in [-0.25, -0.2) is 9.37 Å². The van der Waals surface area contributed by atoms with Gasteiger partial charge in [0.1, 0.15) is 12.4 Å². The highest BCUT2D eigenvalue weighted by Gasteiger charge is 2.57. The quantitative estimate of drug-likeness (QED) is 0.272. The van der Waals surface area contributed by atoms with Gasteiger partial charge < -0.3 is 30.3 Å². The molecule has 1 amide bonds. The fraction of sp³-hybridized carbons (Fsp3) is 0.379. The highest BCUT2D eigenvalue weighted by Crippen LogP contribution is 2.41. The van der Waals surface area contributed by atoms with Crippen LogP contribution in [0.25, 0.3) is 11.3 Å². The maximum atomic E-state index is 14.6. The Kier molecular flexibility index (Phi) is 8.86. The number of nitrogens with zero attached hydrogens (tertiary/aromatic N) is 1. The first-order valence-corrected chi connectivity index (χ1v) is 12.9. The second kappa shape index (κ2) is 12.0. The van der Waals surface area contributed by atoms with Crippen LogP contribution in [0, 0.1) is 5.82 Å². The monoisotopic (exact) mass is 577 g/mol. The van der Waals surface area contributed by atoms with Crippen LogP contribution >= 0.6 is 0 Å². The summed E-state index contributed by atoms with van der Waals surface area (Å²) in [5.74, 6) is -1.05. The molecule has 4 N–H and O–H groups in total. The lowest BCUT2D eigenvalue weighted by molar-refractivity contribution is -0.265. The van der Waals surface area contributed by atoms with E-state index in [1.165, 1.54) is 55.6 Å². The summed E-state index contributed by atoms with van der Waals surface area (Å²) < 4.78 is 67.8. The smallest absolute Gasteiger partial charge is 0.424 e. The van der Waals surface area contributed by atoms with Crippen LogP contribution in [0.4, 0.5) is 17.6 Å². The number of halogens is 4. The number of benzene rings is 2. The average Bonchev–Trinajstić information content (AvgIpc) is 3.41. The zero-order valence-electron chi connectivity index (χ0n) is 22.5. The van der Waals surface area contributed by atoms with Gasteiger partial charge in [0.15, 0.2) is 11.5 Å². The molecule has 220 valence electrons. The van der Waals surface area contributed by atoms with Gasteiger partial charge in [-0.05, 0) is 73.1 Å². The maximum Gasteiger partial charge on any atom is 0.424 e. The van der Waals surface area contributed by atoms with Crippen LogP contribution in [0.3, 0.4) is 0 Å². The molecule has 3 aromatic rings. The largest absolute Gasteiger partial charge is 0.493 e. The highest BCUT2D eigenvalue weighted by molar-refractivity contribution is 5.95. The van der Waals surface area contributed by atoms with Crippen molar-refractivity contribution >= 4 is 5.91 Å². The fourth-order valence-corrected chi connectivity index (χ4v) is 4.65. The van der Waals surface area contributed by atoms with Gasteiger partial charge in [0.05, 0.1) is 31.6 Å². The zero-order chi connectivity index (χ0) is 29.8. The number of aliphatic hydroxyl groups excluding tert-OH is 1. The number of alkyl halides is 3. The van der Waals surface area contributed by atoms with Gasteiger partial charge in [-0.3, -0.25) is 4.79 Å². The van der Waals surface area contributed by atoms with E-state index >= 15 is 0 Å². The van der Waals surface area contributed by atoms with E-state index in [0.717, 1.165) is 0 Å². The summed E-state index contributed by atoms with van der Waals surface area (Å²) in [6.45, 7) is 1.55. The maximum absolute atomic E-state index is 14.6. The summed E-state index contributed by atoms with van der Waals surface area (Å²) in [6.07, 6.45) is -4.58. The van der Waals surface area contributed by atoms with Gasteiger partial charge >= 0.3 is 6.18 Å². The number of nitrogens with one attached hydrogen (secondary N) is 2. The Balaban J connectivity index is 1.71. The molecule has 12 heteroatoms. The number of pyridine rings is 1. The Bertz CT molecular complexity index is 1380. The first kappa shape index (κ1) is 30.2. The molecule has 41 heavy (non-hydrogen) atoms. The van der Waals surface area contributed by atoms with Crippen molar-refractivity contribution in [1.82, 2.24) is 15.6 Å². The minimum Gasteiger partial charge on any atom is -0.493 e. The van der Waals surface area contributed by atoms with E-state index in [4.69, 9.17) is 14.6 Å². The summed E-state index contributed by atoms with van der Waals surface area (Å²) in [5.41, 5.74) is -3.82. The average molecular weight is 578 g/mol. The standard InChI is InChI=1S/C29H31F4N3O5/c1-27(9-10-34-16-27)20-14-22(18-3-6-21(30)7-4-18)36-25(15-20)28(39,29(31,32)33)17-35-26(38)19-5-8-23(41-12-11-37)24(13-19)40-2/h3-8,13-15,34,37,39H,9-12,16-17H2,1-2H3,(H,35,38). The molecule has 1 aromatic heterocycles. The van der Waals surface area contributed by atoms with Gasteiger partial charge in [0, 0.05) is 23.1 Å². The molecular weight excluding hydrogens is 546 g/mol. The van der Waals surface area contributed by atoms with Crippen LogP contribution in [0.15, 0.2) is 54.6 Å². The number of carbonyl (C=O) groups is 1. The van der Waals surface area contributed by atoms with Gasteiger partial charge in [-0.1, -0.05) is 6.92 Å². The van der Waals surface area contributed by atoms with E-state index in [0.29, 0.717) is 30.6 Å². The number of hydrogen-bond donors (Lipinski definition) is 4. The summed E-state index contributed by atoms with van der Waals surface area (Å²) in [5, 5.41) is 25.5. The lowest BCUT2D eigenvalue weighted by atomic mass is 9.80. The summed E-state index contributed by atoms with van der Waals surface area (Å²) in [7, 11) is 1.32. The molecule has 2 unspecified atom stereocenters. The van der Waals surface area contributed by atoms with Gasteiger partial charge in [-0.15, -0.1) is 0 Å². The fourth-order valence-electron chi connectivity index (χ4n) is 4.65. The molecule has 8 nitrogen and oxygen atoms in total. The van der Waals surface area contributed by atoms with Crippen molar-refractivity contribution in [2.75, 3.05) is 40.0 Å².